The van der Waals surface area contributed by atoms with Crippen LogP contribution >= 0.6 is 0 Å². The number of aromatic hydroxyl groups is 1. The summed E-state index contributed by atoms with van der Waals surface area (Å²) in [5.74, 6) is 0.353. The van der Waals surface area contributed by atoms with Crippen molar-refractivity contribution in [1.29, 1.82) is 0 Å². The molecule has 0 unspecified atom stereocenters. The SMILES string of the molecule is Cc1ccc(C2(c3ccc(O)cc3)CCCCCC2)cc1. The van der Waals surface area contributed by atoms with Crippen LogP contribution in [-0.2, 0) is 5.41 Å². The Balaban J connectivity index is 2.09. The van der Waals surface area contributed by atoms with Gasteiger partial charge in [0.25, 0.3) is 0 Å². The van der Waals surface area contributed by atoms with Gasteiger partial charge in [-0.25, -0.2) is 0 Å². The predicted molar refractivity (Wildman–Crippen MR) is 87.8 cm³/mol. The van der Waals surface area contributed by atoms with Crippen LogP contribution in [0.15, 0.2) is 48.5 Å². The summed E-state index contributed by atoms with van der Waals surface area (Å²) in [6.45, 7) is 2.14. The summed E-state index contributed by atoms with van der Waals surface area (Å²) >= 11 is 0. The molecule has 1 saturated carbocycles. The van der Waals surface area contributed by atoms with Crippen LogP contribution < -0.4 is 0 Å². The predicted octanol–water partition coefficient (Wildman–Crippen LogP) is 5.34. The number of hydrogen-bond acceptors (Lipinski definition) is 1. The third-order valence-electron chi connectivity index (χ3n) is 4.98. The Kier molecular flexibility index (Phi) is 4.01. The molecule has 1 aliphatic carbocycles. The summed E-state index contributed by atoms with van der Waals surface area (Å²) < 4.78 is 0. The molecular weight excluding hydrogens is 256 g/mol. The maximum Gasteiger partial charge on any atom is 0.115 e. The molecule has 21 heavy (non-hydrogen) atoms. The second-order valence-electron chi connectivity index (χ2n) is 6.41. The molecule has 1 nitrogen and oxygen atoms in total. The van der Waals surface area contributed by atoms with E-state index in [-0.39, 0.29) is 5.41 Å². The minimum absolute atomic E-state index is 0.123. The maximum absolute atomic E-state index is 9.60. The summed E-state index contributed by atoms with van der Waals surface area (Å²) in [5, 5.41) is 9.60. The highest BCUT2D eigenvalue weighted by molar-refractivity contribution is 5.42. The highest BCUT2D eigenvalue weighted by atomic mass is 16.3. The van der Waals surface area contributed by atoms with E-state index in [0.717, 1.165) is 0 Å². The Morgan fingerprint density at radius 2 is 1.19 bits per heavy atom. The van der Waals surface area contributed by atoms with Gasteiger partial charge in [0.05, 0.1) is 0 Å². The molecular formula is C20H24O. The zero-order chi connectivity index (χ0) is 14.7. The van der Waals surface area contributed by atoms with Crippen molar-refractivity contribution in [2.75, 3.05) is 0 Å². The van der Waals surface area contributed by atoms with E-state index in [1.54, 1.807) is 0 Å². The highest BCUT2D eigenvalue weighted by Crippen LogP contribution is 2.44. The monoisotopic (exact) mass is 280 g/mol. The van der Waals surface area contributed by atoms with E-state index in [1.807, 2.05) is 12.1 Å². The van der Waals surface area contributed by atoms with E-state index >= 15 is 0 Å². The zero-order valence-electron chi connectivity index (χ0n) is 12.8. The Bertz CT molecular complexity index is 525. The van der Waals surface area contributed by atoms with Crippen molar-refractivity contribution in [2.24, 2.45) is 0 Å². The normalized spacial score (nSPS) is 18.1. The average molecular weight is 280 g/mol. The van der Waals surface area contributed by atoms with Crippen molar-refractivity contribution in [2.45, 2.75) is 50.9 Å². The van der Waals surface area contributed by atoms with Crippen LogP contribution in [0.2, 0.25) is 0 Å². The van der Waals surface area contributed by atoms with Gasteiger partial charge in [-0.15, -0.1) is 0 Å². The van der Waals surface area contributed by atoms with E-state index in [1.165, 1.54) is 55.2 Å². The number of phenols is 1. The van der Waals surface area contributed by atoms with Gasteiger partial charge >= 0.3 is 0 Å². The van der Waals surface area contributed by atoms with Gasteiger partial charge in [-0.3, -0.25) is 0 Å². The van der Waals surface area contributed by atoms with E-state index in [0.29, 0.717) is 5.75 Å². The minimum Gasteiger partial charge on any atom is -0.508 e. The molecule has 0 saturated heterocycles. The second-order valence-corrected chi connectivity index (χ2v) is 6.41. The van der Waals surface area contributed by atoms with Crippen molar-refractivity contribution < 1.29 is 5.11 Å². The number of benzene rings is 2. The fraction of sp³-hybridized carbons (Fsp3) is 0.400. The van der Waals surface area contributed by atoms with Crippen LogP contribution in [0, 0.1) is 6.92 Å². The van der Waals surface area contributed by atoms with Gasteiger partial charge < -0.3 is 5.11 Å². The Labute approximate surface area is 127 Å². The van der Waals surface area contributed by atoms with Crippen LogP contribution in [0.5, 0.6) is 5.75 Å². The quantitative estimate of drug-likeness (QED) is 0.736. The zero-order valence-corrected chi connectivity index (χ0v) is 12.8. The number of aryl methyl sites for hydroxylation is 1. The molecule has 0 radical (unpaired) electrons. The molecule has 1 heteroatoms. The minimum atomic E-state index is 0.123. The second kappa shape index (κ2) is 5.93. The number of phenolic OH excluding ortho intramolecular Hbond substituents is 1. The molecule has 1 fully saturated rings. The van der Waals surface area contributed by atoms with Gasteiger partial charge in [-0.05, 0) is 43.0 Å². The van der Waals surface area contributed by atoms with Gasteiger partial charge in [0, 0.05) is 5.41 Å². The molecule has 1 aliphatic rings. The summed E-state index contributed by atoms with van der Waals surface area (Å²) in [7, 11) is 0. The van der Waals surface area contributed by atoms with Crippen LogP contribution in [0.25, 0.3) is 0 Å². The molecule has 0 aliphatic heterocycles. The maximum atomic E-state index is 9.60. The van der Waals surface area contributed by atoms with Gasteiger partial charge in [0.15, 0.2) is 0 Å². The lowest BCUT2D eigenvalue weighted by molar-refractivity contribution is 0.442. The topological polar surface area (TPSA) is 20.2 Å². The van der Waals surface area contributed by atoms with E-state index in [2.05, 4.69) is 43.3 Å². The number of hydrogen-bond donors (Lipinski definition) is 1. The molecule has 0 aromatic heterocycles. The van der Waals surface area contributed by atoms with Crippen LogP contribution in [-0.4, -0.2) is 5.11 Å². The van der Waals surface area contributed by atoms with Gasteiger partial charge in [-0.2, -0.15) is 0 Å². The van der Waals surface area contributed by atoms with Crippen molar-refractivity contribution in [3.8, 4) is 5.75 Å². The smallest absolute Gasteiger partial charge is 0.115 e. The van der Waals surface area contributed by atoms with Gasteiger partial charge in [-0.1, -0.05) is 67.6 Å². The Morgan fingerprint density at radius 3 is 1.71 bits per heavy atom. The van der Waals surface area contributed by atoms with Crippen molar-refractivity contribution in [1.82, 2.24) is 0 Å². The Hall–Kier alpha value is -1.76. The van der Waals surface area contributed by atoms with Crippen LogP contribution in [0.4, 0.5) is 0 Å². The lowest BCUT2D eigenvalue weighted by atomic mass is 9.69. The summed E-state index contributed by atoms with van der Waals surface area (Å²) in [6, 6.07) is 16.9. The van der Waals surface area contributed by atoms with Gasteiger partial charge in [0.2, 0.25) is 0 Å². The van der Waals surface area contributed by atoms with E-state index in [4.69, 9.17) is 0 Å². The lowest BCUT2D eigenvalue weighted by Crippen LogP contribution is -2.27. The molecule has 0 spiro atoms. The summed E-state index contributed by atoms with van der Waals surface area (Å²) in [5.41, 5.74) is 4.22. The molecule has 110 valence electrons. The molecule has 0 amide bonds. The fourth-order valence-corrected chi connectivity index (χ4v) is 3.73. The molecule has 2 aromatic rings. The van der Waals surface area contributed by atoms with Crippen molar-refractivity contribution in [3.05, 3.63) is 65.2 Å². The first-order chi connectivity index (χ1) is 10.2. The molecule has 0 atom stereocenters. The highest BCUT2D eigenvalue weighted by Gasteiger charge is 2.34. The molecule has 1 N–H and O–H groups in total. The summed E-state index contributed by atoms with van der Waals surface area (Å²) in [6.07, 6.45) is 7.67. The summed E-state index contributed by atoms with van der Waals surface area (Å²) in [4.78, 5) is 0. The lowest BCUT2D eigenvalue weighted by Gasteiger charge is -2.34. The first-order valence-corrected chi connectivity index (χ1v) is 8.07. The average Bonchev–Trinajstić information content (AvgIpc) is 2.75. The van der Waals surface area contributed by atoms with Crippen LogP contribution in [0.3, 0.4) is 0 Å². The Morgan fingerprint density at radius 1 is 0.714 bits per heavy atom. The third-order valence-corrected chi connectivity index (χ3v) is 4.98. The molecule has 3 rings (SSSR count). The molecule has 0 bridgehead atoms. The standard InChI is InChI=1S/C20H24O/c1-16-6-8-17(9-7-16)20(14-4-2-3-5-15-20)18-10-12-19(21)13-11-18/h6-13,21H,2-5,14-15H2,1H3. The van der Waals surface area contributed by atoms with E-state index in [9.17, 15) is 5.11 Å². The van der Waals surface area contributed by atoms with Crippen molar-refractivity contribution >= 4 is 0 Å². The van der Waals surface area contributed by atoms with Gasteiger partial charge in [0.1, 0.15) is 5.75 Å². The number of rotatable bonds is 2. The first-order valence-electron chi connectivity index (χ1n) is 8.07. The van der Waals surface area contributed by atoms with E-state index < -0.39 is 0 Å². The molecule has 2 aromatic carbocycles. The molecule has 0 heterocycles. The first kappa shape index (κ1) is 14.2. The largest absolute Gasteiger partial charge is 0.508 e. The fourth-order valence-electron chi connectivity index (χ4n) is 3.73. The van der Waals surface area contributed by atoms with Crippen LogP contribution in [0.1, 0.15) is 55.2 Å². The third kappa shape index (κ3) is 2.83. The van der Waals surface area contributed by atoms with Crippen molar-refractivity contribution in [3.63, 3.8) is 0 Å².